The van der Waals surface area contributed by atoms with Crippen molar-refractivity contribution >= 4 is 28.2 Å². The first kappa shape index (κ1) is 25.7. The van der Waals surface area contributed by atoms with Crippen LogP contribution in [0, 0.1) is 0 Å². The van der Waals surface area contributed by atoms with Gasteiger partial charge in [-0.25, -0.2) is 0 Å². The van der Waals surface area contributed by atoms with Crippen molar-refractivity contribution in [3.63, 3.8) is 0 Å². The summed E-state index contributed by atoms with van der Waals surface area (Å²) in [6, 6.07) is 9.20. The van der Waals surface area contributed by atoms with Gasteiger partial charge in [0.05, 0.1) is 0 Å². The van der Waals surface area contributed by atoms with E-state index in [0.717, 1.165) is 41.4 Å². The molecule has 0 aromatic heterocycles. The molecule has 0 bridgehead atoms. The molecule has 0 aliphatic carbocycles. The van der Waals surface area contributed by atoms with E-state index in [9.17, 15) is 8.42 Å². The average molecular weight is 513 g/mol. The summed E-state index contributed by atoms with van der Waals surface area (Å²) < 4.78 is 32.2. The topological polar surface area (TPSA) is 34.1 Å². The first-order valence-electron chi connectivity index (χ1n) is 11.5. The third-order valence-electron chi connectivity index (χ3n) is 5.78. The summed E-state index contributed by atoms with van der Waals surface area (Å²) in [5.41, 5.74) is 0. The van der Waals surface area contributed by atoms with Crippen molar-refractivity contribution in [3.8, 4) is 0 Å². The number of allylic oxidation sites excluding steroid dienone is 1. The predicted octanol–water partition coefficient (Wildman–Crippen LogP) is 7.92. The minimum absolute atomic E-state index is 0.503. The second-order valence-electron chi connectivity index (χ2n) is 8.12. The van der Waals surface area contributed by atoms with Crippen LogP contribution in [0.15, 0.2) is 44.2 Å². The second kappa shape index (κ2) is 13.8. The Kier molecular flexibility index (Phi) is 12.7. The molecule has 0 aliphatic rings. The minimum atomic E-state index is -3.38. The van der Waals surface area contributed by atoms with Gasteiger partial charge in [0.2, 0.25) is 0 Å². The van der Waals surface area contributed by atoms with Crippen molar-refractivity contribution < 1.29 is 8.42 Å². The van der Waals surface area contributed by atoms with E-state index in [1.807, 2.05) is 18.2 Å². The van der Waals surface area contributed by atoms with Gasteiger partial charge < -0.3 is 0 Å². The van der Waals surface area contributed by atoms with Crippen LogP contribution in [0.1, 0.15) is 85.5 Å². The fraction of sp³-hybridized carbons (Fsp3) is 0.667. The molecule has 28 heavy (non-hydrogen) atoms. The van der Waals surface area contributed by atoms with Crippen LogP contribution in [-0.2, 0) is 9.84 Å². The Labute approximate surface area is 179 Å². The van der Waals surface area contributed by atoms with E-state index < -0.39 is 28.2 Å². The molecule has 2 nitrogen and oxygen atoms in total. The Morgan fingerprint density at radius 3 is 1.68 bits per heavy atom. The molecule has 1 aromatic rings. The summed E-state index contributed by atoms with van der Waals surface area (Å²) in [7, 11) is -3.38. The van der Waals surface area contributed by atoms with Crippen LogP contribution in [0.25, 0.3) is 0 Å². The molecule has 0 fully saturated rings. The third-order valence-corrected chi connectivity index (χ3v) is 27.4. The van der Waals surface area contributed by atoms with E-state index >= 15 is 0 Å². The SMILES string of the molecule is CCCC/C=[C](\S(=O)(=O)c1ccccc1)[Sn]([CH2]CCC)([CH2]CCC)[CH2]CCC. The quantitative estimate of drug-likeness (QED) is 0.176. The zero-order valence-corrected chi connectivity index (χ0v) is 22.3. The number of hydrogen-bond donors (Lipinski definition) is 0. The molecule has 0 unspecified atom stereocenters. The van der Waals surface area contributed by atoms with Gasteiger partial charge in [0, 0.05) is 0 Å². The van der Waals surface area contributed by atoms with E-state index in [4.69, 9.17) is 0 Å². The Hall–Kier alpha value is -0.291. The summed E-state index contributed by atoms with van der Waals surface area (Å²) in [5.74, 6) is 0. The standard InChI is InChI=1S/C12H15O2S.3C4H9.Sn/c1-2-3-4-8-11-15(13,14)12-9-6-5-7-10-12;3*1-3-4-2;/h5-10H,2-4H2,1H3;3*1,3-4H2,2H3;. The Morgan fingerprint density at radius 1 is 0.786 bits per heavy atom. The van der Waals surface area contributed by atoms with E-state index in [2.05, 4.69) is 33.8 Å². The van der Waals surface area contributed by atoms with Gasteiger partial charge in [-0.15, -0.1) is 0 Å². The maximum atomic E-state index is 13.8. The van der Waals surface area contributed by atoms with Crippen LogP contribution in [0.3, 0.4) is 0 Å². The van der Waals surface area contributed by atoms with Crippen molar-refractivity contribution in [2.24, 2.45) is 0 Å². The molecule has 0 amide bonds. The van der Waals surface area contributed by atoms with Crippen molar-refractivity contribution in [3.05, 3.63) is 39.3 Å². The molecule has 160 valence electrons. The molecule has 0 radical (unpaired) electrons. The summed E-state index contributed by atoms with van der Waals surface area (Å²) >= 11 is -3.04. The second-order valence-corrected chi connectivity index (χ2v) is 24.2. The van der Waals surface area contributed by atoms with Gasteiger partial charge in [0.15, 0.2) is 0 Å². The first-order chi connectivity index (χ1) is 13.5. The van der Waals surface area contributed by atoms with Crippen LogP contribution in [0.2, 0.25) is 13.3 Å². The number of unbranched alkanes of at least 4 members (excludes halogenated alkanes) is 5. The Morgan fingerprint density at radius 2 is 1.25 bits per heavy atom. The van der Waals surface area contributed by atoms with Crippen LogP contribution < -0.4 is 0 Å². The molecule has 0 saturated carbocycles. The fourth-order valence-electron chi connectivity index (χ4n) is 4.07. The van der Waals surface area contributed by atoms with Gasteiger partial charge in [-0.1, -0.05) is 0 Å². The first-order valence-corrected chi connectivity index (χ1v) is 20.5. The number of rotatable bonds is 15. The normalized spacial score (nSPS) is 13.1. The molecule has 0 heterocycles. The summed E-state index contributed by atoms with van der Waals surface area (Å²) in [6.45, 7) is 8.90. The van der Waals surface area contributed by atoms with Gasteiger partial charge in [-0.2, -0.15) is 0 Å². The average Bonchev–Trinajstić information content (AvgIpc) is 2.72. The van der Waals surface area contributed by atoms with Gasteiger partial charge in [-0.05, 0) is 0 Å². The third kappa shape index (κ3) is 7.51. The number of benzene rings is 1. The molecule has 0 saturated heterocycles. The maximum absolute atomic E-state index is 13.8. The zero-order valence-electron chi connectivity index (χ0n) is 18.7. The van der Waals surface area contributed by atoms with Crippen molar-refractivity contribution in [1.29, 1.82) is 0 Å². The molecule has 0 N–H and O–H groups in total. The number of sulfone groups is 1. The van der Waals surface area contributed by atoms with E-state index in [1.165, 1.54) is 32.6 Å². The molecule has 1 rings (SSSR count). The van der Waals surface area contributed by atoms with Crippen LogP contribution in [-0.4, -0.2) is 26.8 Å². The van der Waals surface area contributed by atoms with Gasteiger partial charge in [0.1, 0.15) is 0 Å². The summed E-state index contributed by atoms with van der Waals surface area (Å²) in [4.78, 5) is 0.503. The molecule has 4 heteroatoms. The van der Waals surface area contributed by atoms with Crippen LogP contribution in [0.4, 0.5) is 0 Å². The Balaban J connectivity index is 3.53. The van der Waals surface area contributed by atoms with Gasteiger partial charge in [-0.3, -0.25) is 0 Å². The van der Waals surface area contributed by atoms with E-state index in [1.54, 1.807) is 12.1 Å². The molecule has 0 aliphatic heterocycles. The van der Waals surface area contributed by atoms with Crippen molar-refractivity contribution in [1.82, 2.24) is 0 Å². The molecule has 0 spiro atoms. The molecular weight excluding hydrogens is 471 g/mol. The summed E-state index contributed by atoms with van der Waals surface area (Å²) in [6.07, 6.45) is 12.3. The summed E-state index contributed by atoms with van der Waals surface area (Å²) in [5, 5.41) is 0. The number of hydrogen-bond acceptors (Lipinski definition) is 2. The monoisotopic (exact) mass is 514 g/mol. The fourth-order valence-corrected chi connectivity index (χ4v) is 28.4. The van der Waals surface area contributed by atoms with Crippen molar-refractivity contribution in [2.75, 3.05) is 0 Å². The molecular formula is C24H42O2SSn. The predicted molar refractivity (Wildman–Crippen MR) is 126 cm³/mol. The van der Waals surface area contributed by atoms with Gasteiger partial charge in [0.25, 0.3) is 0 Å². The zero-order chi connectivity index (χ0) is 20.9. The van der Waals surface area contributed by atoms with E-state index in [0.29, 0.717) is 4.90 Å². The molecule has 1 aromatic carbocycles. The van der Waals surface area contributed by atoms with E-state index in [-0.39, 0.29) is 0 Å². The van der Waals surface area contributed by atoms with Crippen LogP contribution in [0.5, 0.6) is 0 Å². The molecule has 0 atom stereocenters. The van der Waals surface area contributed by atoms with Gasteiger partial charge >= 0.3 is 180 Å². The Bertz CT molecular complexity index is 643. The van der Waals surface area contributed by atoms with Crippen molar-refractivity contribution in [2.45, 2.75) is 104 Å². The van der Waals surface area contributed by atoms with Crippen LogP contribution >= 0.6 is 0 Å².